The van der Waals surface area contributed by atoms with E-state index in [-0.39, 0.29) is 0 Å². The van der Waals surface area contributed by atoms with Crippen LogP contribution in [-0.2, 0) is 0 Å². The van der Waals surface area contributed by atoms with Crippen LogP contribution < -0.4 is 10.2 Å². The summed E-state index contributed by atoms with van der Waals surface area (Å²) >= 11 is 0. The largest absolute Gasteiger partial charge is 0.340 e. The standard InChI is InChI=1S/C22H23F2N5/c1-2-28-10-12-29(13-11-28)22-26-20(16-6-4-3-5-7-16)15-21(27-22)25-17-8-9-18(23)19(24)14-17/h3-9,14-15H,2,10-13H2,1H3,(H,25,26,27). The molecule has 4 rings (SSSR count). The lowest BCUT2D eigenvalue weighted by atomic mass is 10.1. The number of halogens is 2. The molecular weight excluding hydrogens is 372 g/mol. The van der Waals surface area contributed by atoms with Gasteiger partial charge in [-0.05, 0) is 18.7 Å². The van der Waals surface area contributed by atoms with Gasteiger partial charge in [0.15, 0.2) is 11.6 Å². The van der Waals surface area contributed by atoms with Crippen LogP contribution >= 0.6 is 0 Å². The van der Waals surface area contributed by atoms with Crippen molar-refractivity contribution in [3.8, 4) is 11.3 Å². The molecule has 0 spiro atoms. The van der Waals surface area contributed by atoms with Gasteiger partial charge in [0.05, 0.1) is 5.69 Å². The van der Waals surface area contributed by atoms with Crippen molar-refractivity contribution in [2.75, 3.05) is 42.9 Å². The molecular formula is C22H23F2N5. The smallest absolute Gasteiger partial charge is 0.227 e. The normalized spacial score (nSPS) is 14.8. The molecule has 3 aromatic rings. The first-order valence-electron chi connectivity index (χ1n) is 9.76. The van der Waals surface area contributed by atoms with Crippen molar-refractivity contribution >= 4 is 17.5 Å². The third kappa shape index (κ3) is 4.51. The molecule has 150 valence electrons. The molecule has 5 nitrogen and oxygen atoms in total. The molecule has 0 aliphatic carbocycles. The molecule has 29 heavy (non-hydrogen) atoms. The summed E-state index contributed by atoms with van der Waals surface area (Å²) in [7, 11) is 0. The third-order valence-corrected chi connectivity index (χ3v) is 5.08. The van der Waals surface area contributed by atoms with Gasteiger partial charge >= 0.3 is 0 Å². The van der Waals surface area contributed by atoms with Crippen molar-refractivity contribution in [2.45, 2.75) is 6.92 Å². The van der Waals surface area contributed by atoms with Crippen molar-refractivity contribution in [1.82, 2.24) is 14.9 Å². The van der Waals surface area contributed by atoms with Gasteiger partial charge in [0, 0.05) is 49.6 Å². The predicted molar refractivity (Wildman–Crippen MR) is 111 cm³/mol. The first-order valence-corrected chi connectivity index (χ1v) is 9.76. The summed E-state index contributed by atoms with van der Waals surface area (Å²) in [5.74, 6) is -0.606. The minimum atomic E-state index is -0.900. The van der Waals surface area contributed by atoms with Crippen LogP contribution in [-0.4, -0.2) is 47.6 Å². The zero-order chi connectivity index (χ0) is 20.2. The molecule has 1 fully saturated rings. The molecule has 2 heterocycles. The second-order valence-corrected chi connectivity index (χ2v) is 6.98. The van der Waals surface area contributed by atoms with Crippen LogP contribution in [0.2, 0.25) is 0 Å². The van der Waals surface area contributed by atoms with Gasteiger partial charge in [0.25, 0.3) is 0 Å². The first-order chi connectivity index (χ1) is 14.1. The van der Waals surface area contributed by atoms with E-state index in [2.05, 4.69) is 27.0 Å². The Bertz CT molecular complexity index is 972. The minimum absolute atomic E-state index is 0.434. The van der Waals surface area contributed by atoms with E-state index in [4.69, 9.17) is 4.98 Å². The summed E-state index contributed by atoms with van der Waals surface area (Å²) in [6, 6.07) is 15.4. The molecule has 1 saturated heterocycles. The number of piperazine rings is 1. The highest BCUT2D eigenvalue weighted by molar-refractivity contribution is 5.67. The fraction of sp³-hybridized carbons (Fsp3) is 0.273. The molecule has 0 radical (unpaired) electrons. The van der Waals surface area contributed by atoms with E-state index in [1.807, 2.05) is 36.4 Å². The van der Waals surface area contributed by atoms with Crippen molar-refractivity contribution in [1.29, 1.82) is 0 Å². The van der Waals surface area contributed by atoms with Crippen molar-refractivity contribution in [3.63, 3.8) is 0 Å². The molecule has 1 aliphatic rings. The summed E-state index contributed by atoms with van der Waals surface area (Å²) in [6.07, 6.45) is 0. The number of hydrogen-bond acceptors (Lipinski definition) is 5. The van der Waals surface area contributed by atoms with Crippen LogP contribution in [0.3, 0.4) is 0 Å². The van der Waals surface area contributed by atoms with E-state index in [1.165, 1.54) is 6.07 Å². The maximum atomic E-state index is 13.6. The predicted octanol–water partition coefficient (Wildman–Crippen LogP) is 4.31. The number of aromatic nitrogens is 2. The lowest BCUT2D eigenvalue weighted by Gasteiger charge is -2.34. The maximum absolute atomic E-state index is 13.6. The van der Waals surface area contributed by atoms with Crippen LogP contribution in [0.25, 0.3) is 11.3 Å². The average molecular weight is 395 g/mol. The van der Waals surface area contributed by atoms with E-state index in [1.54, 1.807) is 0 Å². The van der Waals surface area contributed by atoms with Crippen LogP contribution in [0.4, 0.5) is 26.2 Å². The Morgan fingerprint density at radius 1 is 0.897 bits per heavy atom. The Morgan fingerprint density at radius 2 is 1.66 bits per heavy atom. The van der Waals surface area contributed by atoms with Crippen molar-refractivity contribution < 1.29 is 8.78 Å². The van der Waals surface area contributed by atoms with Crippen LogP contribution in [0.15, 0.2) is 54.6 Å². The highest BCUT2D eigenvalue weighted by Crippen LogP contribution is 2.26. The molecule has 2 aromatic carbocycles. The average Bonchev–Trinajstić information content (AvgIpc) is 2.77. The zero-order valence-corrected chi connectivity index (χ0v) is 16.3. The zero-order valence-electron chi connectivity index (χ0n) is 16.3. The molecule has 0 saturated carbocycles. The Balaban J connectivity index is 1.67. The van der Waals surface area contributed by atoms with E-state index in [9.17, 15) is 8.78 Å². The topological polar surface area (TPSA) is 44.3 Å². The third-order valence-electron chi connectivity index (χ3n) is 5.08. The summed E-state index contributed by atoms with van der Waals surface area (Å²) in [4.78, 5) is 14.0. The number of nitrogens with one attached hydrogen (secondary N) is 1. The quantitative estimate of drug-likeness (QED) is 0.698. The minimum Gasteiger partial charge on any atom is -0.340 e. The maximum Gasteiger partial charge on any atom is 0.227 e. The molecule has 7 heteroatoms. The number of anilines is 3. The second-order valence-electron chi connectivity index (χ2n) is 6.98. The summed E-state index contributed by atoms with van der Waals surface area (Å²) in [5, 5.41) is 3.09. The van der Waals surface area contributed by atoms with Gasteiger partial charge < -0.3 is 15.1 Å². The van der Waals surface area contributed by atoms with Crippen molar-refractivity contribution in [3.05, 3.63) is 66.2 Å². The molecule has 1 N–H and O–H groups in total. The molecule has 0 unspecified atom stereocenters. The molecule has 1 aliphatic heterocycles. The van der Waals surface area contributed by atoms with Crippen LogP contribution in [0.5, 0.6) is 0 Å². The van der Waals surface area contributed by atoms with E-state index < -0.39 is 11.6 Å². The highest BCUT2D eigenvalue weighted by atomic mass is 19.2. The fourth-order valence-electron chi connectivity index (χ4n) is 3.38. The SMILES string of the molecule is CCN1CCN(c2nc(Nc3ccc(F)c(F)c3)cc(-c3ccccc3)n2)CC1. The Morgan fingerprint density at radius 3 is 2.34 bits per heavy atom. The Kier molecular flexibility index (Phi) is 5.67. The molecule has 0 bridgehead atoms. The van der Waals surface area contributed by atoms with Gasteiger partial charge in [0.1, 0.15) is 5.82 Å². The van der Waals surface area contributed by atoms with E-state index >= 15 is 0 Å². The molecule has 0 atom stereocenters. The first kappa shape index (κ1) is 19.3. The summed E-state index contributed by atoms with van der Waals surface area (Å²) < 4.78 is 26.9. The molecule has 1 aromatic heterocycles. The van der Waals surface area contributed by atoms with Crippen LogP contribution in [0, 0.1) is 11.6 Å². The Hall–Kier alpha value is -3.06. The van der Waals surface area contributed by atoms with E-state index in [0.717, 1.165) is 56.1 Å². The Labute approximate surface area is 169 Å². The van der Waals surface area contributed by atoms with Gasteiger partial charge in [-0.25, -0.2) is 13.8 Å². The van der Waals surface area contributed by atoms with Gasteiger partial charge in [-0.2, -0.15) is 4.98 Å². The number of rotatable bonds is 5. The second kappa shape index (κ2) is 8.53. The number of hydrogen-bond donors (Lipinski definition) is 1. The highest BCUT2D eigenvalue weighted by Gasteiger charge is 2.19. The van der Waals surface area contributed by atoms with E-state index in [0.29, 0.717) is 17.5 Å². The van der Waals surface area contributed by atoms with Gasteiger partial charge in [-0.3, -0.25) is 0 Å². The van der Waals surface area contributed by atoms with Crippen LogP contribution in [0.1, 0.15) is 6.92 Å². The van der Waals surface area contributed by atoms with Gasteiger partial charge in [-0.1, -0.05) is 37.3 Å². The summed E-state index contributed by atoms with van der Waals surface area (Å²) in [5.41, 5.74) is 2.18. The lowest BCUT2D eigenvalue weighted by molar-refractivity contribution is 0.270. The molecule has 0 amide bonds. The number of benzene rings is 2. The van der Waals surface area contributed by atoms with Gasteiger partial charge in [-0.15, -0.1) is 0 Å². The fourth-order valence-corrected chi connectivity index (χ4v) is 3.38. The monoisotopic (exact) mass is 395 g/mol. The van der Waals surface area contributed by atoms with Crippen molar-refractivity contribution in [2.24, 2.45) is 0 Å². The number of likely N-dealkylation sites (N-methyl/N-ethyl adjacent to an activating group) is 1. The number of nitrogens with zero attached hydrogens (tertiary/aromatic N) is 4. The van der Waals surface area contributed by atoms with Gasteiger partial charge in [0.2, 0.25) is 5.95 Å². The lowest BCUT2D eigenvalue weighted by Crippen LogP contribution is -2.46. The summed E-state index contributed by atoms with van der Waals surface area (Å²) in [6.45, 7) is 6.80.